The van der Waals surface area contributed by atoms with Crippen LogP contribution in [-0.4, -0.2) is 38.6 Å². The summed E-state index contributed by atoms with van der Waals surface area (Å²) >= 11 is 2.78. The summed E-state index contributed by atoms with van der Waals surface area (Å²) < 4.78 is 4.71. The van der Waals surface area contributed by atoms with Gasteiger partial charge < -0.3 is 14.8 Å². The van der Waals surface area contributed by atoms with Gasteiger partial charge in [0.15, 0.2) is 0 Å². The molecule has 134 valence electrons. The van der Waals surface area contributed by atoms with E-state index in [1.165, 1.54) is 34.8 Å². The average Bonchev–Trinajstić information content (AvgIpc) is 3.32. The van der Waals surface area contributed by atoms with Crippen LogP contribution >= 0.6 is 22.7 Å². The molecule has 26 heavy (non-hydrogen) atoms. The van der Waals surface area contributed by atoms with Gasteiger partial charge in [0.05, 0.1) is 23.3 Å². The number of hydrogen-bond donors (Lipinski definition) is 2. The van der Waals surface area contributed by atoms with Crippen molar-refractivity contribution in [2.45, 2.75) is 6.92 Å². The number of hydrogen-bond acceptors (Lipinski definition) is 8. The predicted octanol–water partition coefficient (Wildman–Crippen LogP) is 3.68. The summed E-state index contributed by atoms with van der Waals surface area (Å²) in [6.45, 7) is 1.91. The number of aromatic nitrogens is 3. The lowest BCUT2D eigenvalue weighted by Gasteiger charge is -1.99. The molecule has 0 aliphatic rings. The van der Waals surface area contributed by atoms with Crippen LogP contribution in [0.2, 0.25) is 0 Å². The largest absolute Gasteiger partial charge is 0.477 e. The zero-order valence-electron chi connectivity index (χ0n) is 13.3. The van der Waals surface area contributed by atoms with Crippen molar-refractivity contribution in [1.82, 2.24) is 15.0 Å². The van der Waals surface area contributed by atoms with Crippen LogP contribution in [0.4, 0.5) is 0 Å². The molecule has 0 amide bonds. The number of azide groups is 1. The number of ether oxygens (including phenoxy) is 1. The Balaban J connectivity index is 0.000000195. The van der Waals surface area contributed by atoms with Crippen molar-refractivity contribution in [3.63, 3.8) is 0 Å². The van der Waals surface area contributed by atoms with E-state index in [-0.39, 0.29) is 18.0 Å². The van der Waals surface area contributed by atoms with E-state index >= 15 is 0 Å². The van der Waals surface area contributed by atoms with Crippen molar-refractivity contribution in [2.24, 2.45) is 5.11 Å². The highest BCUT2D eigenvalue weighted by molar-refractivity contribution is 7.16. The van der Waals surface area contributed by atoms with E-state index < -0.39 is 11.9 Å². The number of carbonyl (C=O) groups is 2. The Morgan fingerprint density at radius 3 is 2.85 bits per heavy atom. The summed E-state index contributed by atoms with van der Waals surface area (Å²) in [6.07, 6.45) is 1.38. The maximum absolute atomic E-state index is 11.3. The Hall–Kier alpha value is -3.21. The lowest BCUT2D eigenvalue weighted by atomic mass is 10.3. The van der Waals surface area contributed by atoms with E-state index in [9.17, 15) is 9.59 Å². The molecule has 0 unspecified atom stereocenters. The minimum Gasteiger partial charge on any atom is -0.477 e. The van der Waals surface area contributed by atoms with Crippen molar-refractivity contribution in [2.75, 3.05) is 6.61 Å². The number of fused-ring (bicyclic) bond motifs is 1. The molecule has 3 heterocycles. The number of nitrogens with one attached hydrogen (secondary N) is 1. The Morgan fingerprint density at radius 2 is 2.27 bits per heavy atom. The lowest BCUT2D eigenvalue weighted by Crippen LogP contribution is -2.05. The van der Waals surface area contributed by atoms with Crippen molar-refractivity contribution in [3.05, 3.63) is 50.0 Å². The second-order valence-corrected chi connectivity index (χ2v) is 5.98. The molecular weight excluding hydrogens is 380 g/mol. The number of H-pyrrole nitrogens is 1. The van der Waals surface area contributed by atoms with Gasteiger partial charge in [-0.2, -0.15) is 0 Å². The van der Waals surface area contributed by atoms with Crippen LogP contribution < -0.4 is 0 Å². The maximum atomic E-state index is 11.3. The first kappa shape index (κ1) is 19.1. The summed E-state index contributed by atoms with van der Waals surface area (Å²) in [5, 5.41) is 13.5. The van der Waals surface area contributed by atoms with Crippen LogP contribution in [0.5, 0.6) is 0 Å². The topological polar surface area (TPSA) is 154 Å². The summed E-state index contributed by atoms with van der Waals surface area (Å²) in [6, 6.07) is 1.52. The Morgan fingerprint density at radius 1 is 1.46 bits per heavy atom. The first-order valence-electron chi connectivity index (χ1n) is 7.02. The molecule has 3 aromatic rings. The van der Waals surface area contributed by atoms with E-state index in [4.69, 9.17) is 15.4 Å². The fourth-order valence-corrected chi connectivity index (χ4v) is 2.86. The molecule has 0 atom stereocenters. The van der Waals surface area contributed by atoms with Gasteiger partial charge in [0.2, 0.25) is 0 Å². The zero-order valence-corrected chi connectivity index (χ0v) is 15.0. The first-order chi connectivity index (χ1) is 12.5. The van der Waals surface area contributed by atoms with Gasteiger partial charge in [0, 0.05) is 10.3 Å². The number of carboxylic acids is 1. The molecule has 12 heteroatoms. The number of nitrogens with zero attached hydrogens (tertiary/aromatic N) is 5. The zero-order chi connectivity index (χ0) is 18.9. The van der Waals surface area contributed by atoms with Gasteiger partial charge in [-0.25, -0.2) is 19.6 Å². The highest BCUT2D eigenvalue weighted by Gasteiger charge is 2.09. The number of esters is 1. The molecule has 0 aliphatic carbocycles. The molecule has 0 aromatic carbocycles. The number of aromatic carboxylic acids is 1. The molecular formula is C14H12N6O4S2. The molecule has 3 rings (SSSR count). The molecule has 3 aromatic heterocycles. The molecule has 0 radical (unpaired) electrons. The van der Waals surface area contributed by atoms with Crippen LogP contribution in [0, 0.1) is 0 Å². The molecule has 0 bridgehead atoms. The van der Waals surface area contributed by atoms with E-state index in [0.29, 0.717) is 11.2 Å². The highest BCUT2D eigenvalue weighted by Crippen LogP contribution is 2.17. The summed E-state index contributed by atoms with van der Waals surface area (Å²) in [5.41, 5.74) is 12.9. The maximum Gasteiger partial charge on any atom is 0.352 e. The van der Waals surface area contributed by atoms with Crippen LogP contribution in [0.3, 0.4) is 0 Å². The smallest absolute Gasteiger partial charge is 0.352 e. The molecule has 0 saturated carbocycles. The van der Waals surface area contributed by atoms with Gasteiger partial charge in [-0.15, -0.1) is 22.7 Å². The highest BCUT2D eigenvalue weighted by atomic mass is 32.1. The van der Waals surface area contributed by atoms with Gasteiger partial charge in [-0.1, -0.05) is 5.11 Å². The van der Waals surface area contributed by atoms with Crippen molar-refractivity contribution in [3.8, 4) is 0 Å². The van der Waals surface area contributed by atoms with E-state index in [2.05, 4.69) is 25.0 Å². The molecule has 2 N–H and O–H groups in total. The number of rotatable bonds is 5. The summed E-state index contributed by atoms with van der Waals surface area (Å²) in [7, 11) is 0. The normalized spacial score (nSPS) is 10.6. The second-order valence-electron chi connectivity index (χ2n) is 4.41. The predicted molar refractivity (Wildman–Crippen MR) is 96.8 cm³/mol. The Kier molecular flexibility index (Phi) is 6.85. The van der Waals surface area contributed by atoms with E-state index in [0.717, 1.165) is 4.83 Å². The first-order valence-corrected chi connectivity index (χ1v) is 8.85. The van der Waals surface area contributed by atoms with Gasteiger partial charge in [0.1, 0.15) is 21.7 Å². The number of thiazole rings is 2. The van der Waals surface area contributed by atoms with E-state index in [1.54, 1.807) is 23.3 Å². The molecule has 0 saturated heterocycles. The van der Waals surface area contributed by atoms with Gasteiger partial charge in [-0.3, -0.25) is 0 Å². The fourth-order valence-electron chi connectivity index (χ4n) is 1.68. The van der Waals surface area contributed by atoms with Crippen LogP contribution in [0.15, 0.2) is 33.3 Å². The number of aromatic amines is 1. The van der Waals surface area contributed by atoms with Crippen LogP contribution in [-0.2, 0) is 9.53 Å². The number of carbonyl (C=O) groups excluding carboxylic acids is 1. The molecule has 0 aliphatic heterocycles. The van der Waals surface area contributed by atoms with E-state index in [1.807, 2.05) is 0 Å². The second kappa shape index (κ2) is 9.32. The van der Waals surface area contributed by atoms with Gasteiger partial charge in [-0.05, 0) is 24.6 Å². The third kappa shape index (κ3) is 5.14. The van der Waals surface area contributed by atoms with Crippen LogP contribution in [0.1, 0.15) is 23.1 Å². The minimum absolute atomic E-state index is 0.0924. The number of carboxylic acid groups (broad SMARTS) is 1. The Labute approximate surface area is 154 Å². The van der Waals surface area contributed by atoms with Gasteiger partial charge >= 0.3 is 11.9 Å². The van der Waals surface area contributed by atoms with Crippen molar-refractivity contribution >= 4 is 51.0 Å². The third-order valence-corrected chi connectivity index (χ3v) is 4.09. The van der Waals surface area contributed by atoms with Crippen molar-refractivity contribution in [1.29, 1.82) is 0 Å². The van der Waals surface area contributed by atoms with Crippen molar-refractivity contribution < 1.29 is 19.4 Å². The van der Waals surface area contributed by atoms with Crippen LogP contribution in [0.25, 0.3) is 26.9 Å². The SMILES string of the molecule is CCOC(=O)C(=Cc1cscn1)N=[N+]=[N-].O=C(O)c1cc2ncsc2[nH]1. The minimum atomic E-state index is -0.949. The summed E-state index contributed by atoms with van der Waals surface area (Å²) in [4.78, 5) is 35.7. The monoisotopic (exact) mass is 392 g/mol. The Bertz CT molecular complexity index is 940. The van der Waals surface area contributed by atoms with Gasteiger partial charge in [0.25, 0.3) is 0 Å². The quantitative estimate of drug-likeness (QED) is 0.222. The molecule has 10 nitrogen and oxygen atoms in total. The molecule has 0 spiro atoms. The fraction of sp³-hybridized carbons (Fsp3) is 0.143. The standard InChI is InChI=1S/C8H8N4O2S.C6H4N2O2S/c1-2-14-8(13)7(11-12-9)3-6-4-15-5-10-6;9-6(10)4-1-3-5(8-4)11-2-7-3/h3-5H,2H2,1H3;1-2,8H,(H,9,10). The summed E-state index contributed by atoms with van der Waals surface area (Å²) in [5.74, 6) is -1.60. The molecule has 0 fully saturated rings. The average molecular weight is 392 g/mol. The third-order valence-electron chi connectivity index (χ3n) is 2.73. The lowest BCUT2D eigenvalue weighted by molar-refractivity contribution is -0.138.